The predicted molar refractivity (Wildman–Crippen MR) is 98.9 cm³/mol. The molecular weight excluding hydrogens is 374 g/mol. The van der Waals surface area contributed by atoms with Crippen molar-refractivity contribution in [2.75, 3.05) is 30.2 Å². The zero-order valence-electron chi connectivity index (χ0n) is 13.9. The minimum atomic E-state index is -0.436. The molecular formula is C16H18N5O3S2+. The summed E-state index contributed by atoms with van der Waals surface area (Å²) in [5.74, 6) is 1.23. The molecule has 3 aliphatic rings. The summed E-state index contributed by atoms with van der Waals surface area (Å²) in [6.07, 6.45) is 6.01. The predicted octanol–water partition coefficient (Wildman–Crippen LogP) is 0.259. The van der Waals surface area contributed by atoms with Crippen LogP contribution in [0.4, 0.5) is 0 Å². The number of hydrogen-bond donors (Lipinski definition) is 2. The summed E-state index contributed by atoms with van der Waals surface area (Å²) in [4.78, 5) is 30.7. The van der Waals surface area contributed by atoms with Gasteiger partial charge < -0.3 is 10.1 Å². The standard InChI is InChI=1S/C16H18N5O3S2/c22-13-9-14-21(13)12(3-8-25-14)15(23)24-10-26-11-1-6-20(7-2-11)19-16-17-4-5-18-16/h1-3,6-7,14H,4-5,8-10H2,(H2,17,18,19)/q+1/t14-/m0/s1. The van der Waals surface area contributed by atoms with Crippen LogP contribution in [0, 0.1) is 0 Å². The smallest absolute Gasteiger partial charge is 0.355 e. The molecule has 0 radical (unpaired) electrons. The molecule has 0 spiro atoms. The minimum absolute atomic E-state index is 0.0143. The van der Waals surface area contributed by atoms with E-state index in [0.29, 0.717) is 12.1 Å². The largest absolute Gasteiger partial charge is 0.450 e. The van der Waals surface area contributed by atoms with Crippen LogP contribution in [0.25, 0.3) is 0 Å². The normalized spacial score (nSPS) is 21.2. The Morgan fingerprint density at radius 3 is 3.08 bits per heavy atom. The number of carbonyl (C=O) groups excluding carboxylic acids is 2. The molecule has 1 aromatic rings. The summed E-state index contributed by atoms with van der Waals surface area (Å²) in [5, 5.41) is 3.23. The Bertz CT molecular complexity index is 781. The van der Waals surface area contributed by atoms with Crippen LogP contribution in [0.2, 0.25) is 0 Å². The fraction of sp³-hybridized carbons (Fsp3) is 0.375. The molecule has 1 aromatic heterocycles. The Labute approximate surface area is 159 Å². The number of esters is 1. The van der Waals surface area contributed by atoms with Crippen molar-refractivity contribution >= 4 is 41.4 Å². The Kier molecular flexibility index (Phi) is 5.02. The molecule has 1 saturated heterocycles. The van der Waals surface area contributed by atoms with Crippen molar-refractivity contribution < 1.29 is 19.0 Å². The van der Waals surface area contributed by atoms with Gasteiger partial charge in [0.2, 0.25) is 24.3 Å². The van der Waals surface area contributed by atoms with Gasteiger partial charge in [0.15, 0.2) is 0 Å². The quantitative estimate of drug-likeness (QED) is 0.244. The summed E-state index contributed by atoms with van der Waals surface area (Å²) in [6.45, 7) is 1.63. The second-order valence-electron chi connectivity index (χ2n) is 5.75. The van der Waals surface area contributed by atoms with Crippen molar-refractivity contribution in [3.63, 3.8) is 0 Å². The molecule has 4 heterocycles. The molecule has 0 bridgehead atoms. The first kappa shape index (κ1) is 17.2. The number of hydrogen-bond acceptors (Lipinski definition) is 8. The number of aromatic nitrogens is 1. The Balaban J connectivity index is 1.26. The van der Waals surface area contributed by atoms with Crippen LogP contribution < -0.4 is 15.4 Å². The van der Waals surface area contributed by atoms with Crippen LogP contribution >= 0.6 is 23.5 Å². The van der Waals surface area contributed by atoms with Gasteiger partial charge in [-0.3, -0.25) is 9.69 Å². The van der Waals surface area contributed by atoms with Crippen LogP contribution in [0.15, 0.2) is 46.2 Å². The average molecular weight is 392 g/mol. The number of aliphatic imine (C=N–C) groups is 1. The number of amides is 1. The summed E-state index contributed by atoms with van der Waals surface area (Å²) in [7, 11) is 0. The number of nitrogens with one attached hydrogen (secondary N) is 2. The van der Waals surface area contributed by atoms with Crippen LogP contribution in [-0.2, 0) is 14.3 Å². The van der Waals surface area contributed by atoms with Crippen LogP contribution in [0.1, 0.15) is 6.42 Å². The Morgan fingerprint density at radius 2 is 2.35 bits per heavy atom. The minimum Gasteiger partial charge on any atom is -0.450 e. The van der Waals surface area contributed by atoms with E-state index in [1.54, 1.807) is 22.5 Å². The van der Waals surface area contributed by atoms with Gasteiger partial charge in [-0.1, -0.05) is 16.4 Å². The van der Waals surface area contributed by atoms with E-state index in [9.17, 15) is 9.59 Å². The van der Waals surface area contributed by atoms with E-state index < -0.39 is 5.97 Å². The highest BCUT2D eigenvalue weighted by molar-refractivity contribution is 8.00. The molecule has 0 unspecified atom stereocenters. The molecule has 1 fully saturated rings. The number of rotatable bonds is 5. The first-order chi connectivity index (χ1) is 12.7. The van der Waals surface area contributed by atoms with Gasteiger partial charge in [-0.05, 0) is 6.08 Å². The molecule has 1 atom stereocenters. The second kappa shape index (κ2) is 7.58. The molecule has 0 aliphatic carbocycles. The van der Waals surface area contributed by atoms with Gasteiger partial charge in [0.05, 0.1) is 18.3 Å². The highest BCUT2D eigenvalue weighted by Gasteiger charge is 2.43. The number of ether oxygens (including phenoxy) is 1. The van der Waals surface area contributed by atoms with Crippen molar-refractivity contribution in [3.05, 3.63) is 36.3 Å². The first-order valence-corrected chi connectivity index (χ1v) is 10.2. The van der Waals surface area contributed by atoms with Gasteiger partial charge in [-0.2, -0.15) is 0 Å². The zero-order chi connectivity index (χ0) is 17.9. The van der Waals surface area contributed by atoms with Crippen molar-refractivity contribution in [2.45, 2.75) is 16.7 Å². The van der Waals surface area contributed by atoms with E-state index in [4.69, 9.17) is 4.74 Å². The third-order valence-corrected chi connectivity index (χ3v) is 6.03. The number of β-lactam (4-membered cyclic amide) rings is 1. The number of carbonyl (C=O) groups is 2. The lowest BCUT2D eigenvalue weighted by Crippen LogP contribution is -2.53. The number of thioether (sulfide) groups is 2. The van der Waals surface area contributed by atoms with Crippen LogP contribution in [0.3, 0.4) is 0 Å². The molecule has 2 N–H and O–H groups in total. The number of guanidine groups is 1. The monoisotopic (exact) mass is 392 g/mol. The summed E-state index contributed by atoms with van der Waals surface area (Å²) in [6, 6.07) is 3.85. The van der Waals surface area contributed by atoms with E-state index in [-0.39, 0.29) is 17.2 Å². The van der Waals surface area contributed by atoms with Gasteiger partial charge in [0, 0.05) is 29.3 Å². The maximum absolute atomic E-state index is 12.2. The first-order valence-electron chi connectivity index (χ1n) is 8.21. The van der Waals surface area contributed by atoms with E-state index in [2.05, 4.69) is 15.7 Å². The molecule has 3 aliphatic heterocycles. The summed E-state index contributed by atoms with van der Waals surface area (Å²) >= 11 is 3.08. The number of nitrogens with zero attached hydrogens (tertiary/aromatic N) is 3. The van der Waals surface area contributed by atoms with Crippen molar-refractivity contribution in [3.8, 4) is 0 Å². The van der Waals surface area contributed by atoms with Gasteiger partial charge in [0.25, 0.3) is 0 Å². The highest BCUT2D eigenvalue weighted by Crippen LogP contribution is 2.37. The van der Waals surface area contributed by atoms with E-state index >= 15 is 0 Å². The molecule has 26 heavy (non-hydrogen) atoms. The SMILES string of the molecule is O=C(OCSc1cc[n+](NC2=NCCN2)cc1)C1=CCS[C@H]2CC(=O)N12. The fourth-order valence-electron chi connectivity index (χ4n) is 2.73. The second-order valence-corrected chi connectivity index (χ2v) is 7.96. The molecule has 8 nitrogen and oxygen atoms in total. The maximum Gasteiger partial charge on any atom is 0.355 e. The van der Waals surface area contributed by atoms with Gasteiger partial charge in [-0.25, -0.2) is 9.79 Å². The van der Waals surface area contributed by atoms with Crippen LogP contribution in [-0.4, -0.2) is 52.9 Å². The number of pyridine rings is 1. The molecule has 10 heteroatoms. The van der Waals surface area contributed by atoms with Crippen LogP contribution in [0.5, 0.6) is 0 Å². The lowest BCUT2D eigenvalue weighted by molar-refractivity contribution is -0.640. The lowest BCUT2D eigenvalue weighted by atomic mass is 10.1. The molecule has 0 aromatic carbocycles. The van der Waals surface area contributed by atoms with E-state index in [1.807, 2.05) is 24.5 Å². The molecule has 1 amide bonds. The molecule has 4 rings (SSSR count). The van der Waals surface area contributed by atoms with Crippen molar-refractivity contribution in [1.29, 1.82) is 0 Å². The summed E-state index contributed by atoms with van der Waals surface area (Å²) < 4.78 is 7.12. The van der Waals surface area contributed by atoms with Crippen molar-refractivity contribution in [2.24, 2.45) is 4.99 Å². The van der Waals surface area contributed by atoms with Crippen molar-refractivity contribution in [1.82, 2.24) is 10.2 Å². The number of fused-ring (bicyclic) bond motifs is 1. The third kappa shape index (κ3) is 3.65. The highest BCUT2D eigenvalue weighted by atomic mass is 32.2. The topological polar surface area (TPSA) is 86.9 Å². The third-order valence-electron chi connectivity index (χ3n) is 4.06. The van der Waals surface area contributed by atoms with E-state index in [1.165, 1.54) is 16.7 Å². The Hall–Kier alpha value is -2.20. The zero-order valence-corrected chi connectivity index (χ0v) is 15.5. The summed E-state index contributed by atoms with van der Waals surface area (Å²) in [5.41, 5.74) is 3.50. The Morgan fingerprint density at radius 1 is 1.50 bits per heavy atom. The lowest BCUT2D eigenvalue weighted by Gasteiger charge is -2.42. The molecule has 0 saturated carbocycles. The van der Waals surface area contributed by atoms with Gasteiger partial charge >= 0.3 is 5.97 Å². The maximum atomic E-state index is 12.2. The average Bonchev–Trinajstić information content (AvgIpc) is 3.15. The van der Waals surface area contributed by atoms with Gasteiger partial charge in [0.1, 0.15) is 11.6 Å². The van der Waals surface area contributed by atoms with E-state index in [0.717, 1.165) is 29.7 Å². The molecule has 136 valence electrons. The van der Waals surface area contributed by atoms with Gasteiger partial charge in [-0.15, -0.1) is 17.2 Å². The fourth-order valence-corrected chi connectivity index (χ4v) is 4.46.